The van der Waals surface area contributed by atoms with Crippen molar-refractivity contribution in [2.45, 2.75) is 13.3 Å². The summed E-state index contributed by atoms with van der Waals surface area (Å²) in [7, 11) is 3.02. The van der Waals surface area contributed by atoms with E-state index in [9.17, 15) is 14.4 Å². The lowest BCUT2D eigenvalue weighted by Gasteiger charge is -2.23. The molecule has 0 saturated heterocycles. The monoisotopic (exact) mass is 354 g/mol. The largest absolute Gasteiger partial charge is 0.465 e. The molecule has 2 aromatic rings. The van der Waals surface area contributed by atoms with E-state index in [1.165, 1.54) is 18.9 Å². The van der Waals surface area contributed by atoms with Crippen molar-refractivity contribution in [3.63, 3.8) is 0 Å². The molecular weight excluding hydrogens is 332 g/mol. The van der Waals surface area contributed by atoms with Gasteiger partial charge < -0.3 is 14.5 Å². The quantitative estimate of drug-likeness (QED) is 0.748. The van der Waals surface area contributed by atoms with Crippen molar-refractivity contribution in [1.82, 2.24) is 0 Å². The van der Waals surface area contributed by atoms with Crippen LogP contribution in [0.25, 0.3) is 0 Å². The number of carbonyl (C=O) groups excluding carboxylic acids is 3. The summed E-state index contributed by atoms with van der Waals surface area (Å²) < 4.78 is 4.66. The van der Waals surface area contributed by atoms with Crippen LogP contribution in [-0.2, 0) is 14.3 Å². The topological polar surface area (TPSA) is 66.9 Å². The minimum atomic E-state index is -0.439. The molecule has 0 atom stereocenters. The molecule has 136 valence electrons. The number of hydrogen-bond donors (Lipinski definition) is 0. The van der Waals surface area contributed by atoms with Crippen LogP contribution in [0.2, 0.25) is 0 Å². The number of ether oxygens (including phenoxy) is 1. The molecular formula is C20H22N2O4. The Morgan fingerprint density at radius 1 is 0.923 bits per heavy atom. The lowest BCUT2D eigenvalue weighted by molar-refractivity contribution is -0.118. The van der Waals surface area contributed by atoms with Crippen LogP contribution >= 0.6 is 0 Å². The summed E-state index contributed by atoms with van der Waals surface area (Å²) in [4.78, 5) is 39.0. The van der Waals surface area contributed by atoms with Gasteiger partial charge in [0, 0.05) is 38.3 Å². The molecule has 0 aliphatic heterocycles. The van der Waals surface area contributed by atoms with E-state index in [-0.39, 0.29) is 24.8 Å². The zero-order chi connectivity index (χ0) is 19.1. The van der Waals surface area contributed by atoms with Crippen LogP contribution in [-0.4, -0.2) is 38.5 Å². The van der Waals surface area contributed by atoms with Crippen LogP contribution in [0.3, 0.4) is 0 Å². The number of benzene rings is 2. The van der Waals surface area contributed by atoms with E-state index in [2.05, 4.69) is 4.74 Å². The molecule has 0 heterocycles. The fourth-order valence-corrected chi connectivity index (χ4v) is 2.53. The molecule has 2 aromatic carbocycles. The van der Waals surface area contributed by atoms with Crippen molar-refractivity contribution in [1.29, 1.82) is 0 Å². The van der Waals surface area contributed by atoms with Crippen molar-refractivity contribution in [2.75, 3.05) is 30.5 Å². The second kappa shape index (κ2) is 8.80. The minimum Gasteiger partial charge on any atom is -0.465 e. The van der Waals surface area contributed by atoms with E-state index in [1.54, 1.807) is 36.2 Å². The maximum atomic E-state index is 12.4. The maximum absolute atomic E-state index is 12.4. The second-order valence-electron chi connectivity index (χ2n) is 5.75. The molecule has 26 heavy (non-hydrogen) atoms. The van der Waals surface area contributed by atoms with Gasteiger partial charge in [-0.3, -0.25) is 9.59 Å². The Morgan fingerprint density at radius 3 is 2.08 bits per heavy atom. The zero-order valence-corrected chi connectivity index (χ0v) is 15.1. The Hall–Kier alpha value is -3.15. The third-order valence-corrected chi connectivity index (χ3v) is 4.05. The van der Waals surface area contributed by atoms with Crippen molar-refractivity contribution in [3.8, 4) is 0 Å². The van der Waals surface area contributed by atoms with Gasteiger partial charge in [-0.25, -0.2) is 4.79 Å². The fraction of sp³-hybridized carbons (Fsp3) is 0.250. The molecule has 0 unspecified atom stereocenters. The van der Waals surface area contributed by atoms with E-state index in [1.807, 2.05) is 30.3 Å². The van der Waals surface area contributed by atoms with Crippen molar-refractivity contribution >= 4 is 29.2 Å². The number of esters is 1. The van der Waals surface area contributed by atoms with E-state index >= 15 is 0 Å². The van der Waals surface area contributed by atoms with Crippen molar-refractivity contribution < 1.29 is 19.1 Å². The molecule has 0 bridgehead atoms. The third kappa shape index (κ3) is 4.69. The Morgan fingerprint density at radius 2 is 1.54 bits per heavy atom. The van der Waals surface area contributed by atoms with Gasteiger partial charge in [-0.2, -0.15) is 0 Å². The highest BCUT2D eigenvalue weighted by Gasteiger charge is 2.17. The standard InChI is InChI=1S/C20H22N2O4/c1-15(23)22(18-11-9-16(10-12-18)20(25)26-3)14-13-19(24)21(2)17-7-5-4-6-8-17/h4-12H,13-14H2,1-3H3. The first-order valence-electron chi connectivity index (χ1n) is 8.22. The number of amides is 2. The summed E-state index contributed by atoms with van der Waals surface area (Å²) >= 11 is 0. The van der Waals surface area contributed by atoms with Gasteiger partial charge in [0.05, 0.1) is 12.7 Å². The smallest absolute Gasteiger partial charge is 0.337 e. The van der Waals surface area contributed by atoms with Crippen molar-refractivity contribution in [2.24, 2.45) is 0 Å². The van der Waals surface area contributed by atoms with Gasteiger partial charge in [-0.15, -0.1) is 0 Å². The lowest BCUT2D eigenvalue weighted by Crippen LogP contribution is -2.34. The van der Waals surface area contributed by atoms with Gasteiger partial charge in [-0.1, -0.05) is 18.2 Å². The molecule has 0 radical (unpaired) electrons. The summed E-state index contributed by atoms with van der Waals surface area (Å²) in [6, 6.07) is 15.8. The highest BCUT2D eigenvalue weighted by Crippen LogP contribution is 2.18. The summed E-state index contributed by atoms with van der Waals surface area (Å²) in [5.74, 6) is -0.704. The van der Waals surface area contributed by atoms with E-state index in [0.29, 0.717) is 11.3 Å². The molecule has 0 aliphatic rings. The average Bonchev–Trinajstić information content (AvgIpc) is 2.67. The van der Waals surface area contributed by atoms with Crippen LogP contribution in [0.15, 0.2) is 54.6 Å². The van der Waals surface area contributed by atoms with Crippen LogP contribution in [0, 0.1) is 0 Å². The van der Waals surface area contributed by atoms with Crippen molar-refractivity contribution in [3.05, 3.63) is 60.2 Å². The molecule has 0 fully saturated rings. The van der Waals surface area contributed by atoms with Gasteiger partial charge in [0.2, 0.25) is 11.8 Å². The number of carbonyl (C=O) groups is 3. The second-order valence-corrected chi connectivity index (χ2v) is 5.75. The first kappa shape index (κ1) is 19.2. The minimum absolute atomic E-state index is 0.0892. The summed E-state index contributed by atoms with van der Waals surface area (Å²) in [5, 5.41) is 0. The molecule has 2 amide bonds. The normalized spacial score (nSPS) is 10.1. The van der Waals surface area contributed by atoms with Crippen LogP contribution in [0.5, 0.6) is 0 Å². The highest BCUT2D eigenvalue weighted by atomic mass is 16.5. The number of rotatable bonds is 6. The van der Waals surface area contributed by atoms with Gasteiger partial charge in [0.1, 0.15) is 0 Å². The van der Waals surface area contributed by atoms with Crippen LogP contribution < -0.4 is 9.80 Å². The maximum Gasteiger partial charge on any atom is 0.337 e. The van der Waals surface area contributed by atoms with Crippen LogP contribution in [0.4, 0.5) is 11.4 Å². The third-order valence-electron chi connectivity index (χ3n) is 4.05. The van der Waals surface area contributed by atoms with E-state index in [0.717, 1.165) is 5.69 Å². The summed E-state index contributed by atoms with van der Waals surface area (Å²) in [6.45, 7) is 1.70. The Kier molecular flexibility index (Phi) is 6.49. The number of nitrogens with zero attached hydrogens (tertiary/aromatic N) is 2. The molecule has 0 N–H and O–H groups in total. The molecule has 0 spiro atoms. The highest BCUT2D eigenvalue weighted by molar-refractivity contribution is 5.96. The molecule has 6 heteroatoms. The first-order chi connectivity index (χ1) is 12.4. The SMILES string of the molecule is COC(=O)c1ccc(N(CCC(=O)N(C)c2ccccc2)C(C)=O)cc1. The lowest BCUT2D eigenvalue weighted by atomic mass is 10.2. The molecule has 2 rings (SSSR count). The average molecular weight is 354 g/mol. The number of methoxy groups -OCH3 is 1. The van der Waals surface area contributed by atoms with Gasteiger partial charge in [0.25, 0.3) is 0 Å². The molecule has 0 aromatic heterocycles. The van der Waals surface area contributed by atoms with Gasteiger partial charge in [-0.05, 0) is 36.4 Å². The molecule has 0 saturated carbocycles. The Bertz CT molecular complexity index is 772. The molecule has 0 aliphatic carbocycles. The number of hydrogen-bond acceptors (Lipinski definition) is 4. The van der Waals surface area contributed by atoms with Gasteiger partial charge >= 0.3 is 5.97 Å². The van der Waals surface area contributed by atoms with Gasteiger partial charge in [0.15, 0.2) is 0 Å². The van der Waals surface area contributed by atoms with E-state index in [4.69, 9.17) is 0 Å². The number of para-hydroxylation sites is 1. The van der Waals surface area contributed by atoms with E-state index < -0.39 is 5.97 Å². The molecule has 6 nitrogen and oxygen atoms in total. The zero-order valence-electron chi connectivity index (χ0n) is 15.1. The Labute approximate surface area is 153 Å². The summed E-state index contributed by atoms with van der Waals surface area (Å²) in [6.07, 6.45) is 0.184. The van der Waals surface area contributed by atoms with Crippen LogP contribution in [0.1, 0.15) is 23.7 Å². The predicted molar refractivity (Wildman–Crippen MR) is 100 cm³/mol. The fourth-order valence-electron chi connectivity index (χ4n) is 2.53. The predicted octanol–water partition coefficient (Wildman–Crippen LogP) is 2.88. The number of anilines is 2. The summed E-state index contributed by atoms with van der Waals surface area (Å²) in [5.41, 5.74) is 1.83. The Balaban J connectivity index is 2.05. The first-order valence-corrected chi connectivity index (χ1v) is 8.22.